The number of carbonyl (C=O) groups excluding carboxylic acids is 3. The summed E-state index contributed by atoms with van der Waals surface area (Å²) in [4.78, 5) is 37.7. The number of anilines is 2. The number of hydrogen-bond donors (Lipinski definition) is 3. The summed E-state index contributed by atoms with van der Waals surface area (Å²) in [7, 11) is 0. The monoisotopic (exact) mass is 418 g/mol. The van der Waals surface area contributed by atoms with Crippen molar-refractivity contribution in [3.8, 4) is 0 Å². The zero-order chi connectivity index (χ0) is 22.0. The van der Waals surface area contributed by atoms with Gasteiger partial charge < -0.3 is 20.5 Å². The Balaban J connectivity index is 1.47. The normalized spacial score (nSPS) is 15.9. The third-order valence-corrected chi connectivity index (χ3v) is 5.48. The molecule has 0 radical (unpaired) electrons. The third-order valence-electron chi connectivity index (χ3n) is 5.48. The fourth-order valence-corrected chi connectivity index (χ4v) is 3.77. The Morgan fingerprint density at radius 2 is 1.90 bits per heavy atom. The first-order valence-corrected chi connectivity index (χ1v) is 10.5. The number of aromatic nitrogens is 1. The molecule has 0 unspecified atom stereocenters. The van der Waals surface area contributed by atoms with Crippen LogP contribution in [0.4, 0.5) is 11.4 Å². The Kier molecular flexibility index (Phi) is 5.75. The maximum Gasteiger partial charge on any atom is 0.254 e. The minimum Gasteiger partial charge on any atom is -0.347 e. The first kappa shape index (κ1) is 20.7. The molecule has 31 heavy (non-hydrogen) atoms. The molecule has 0 spiro atoms. The molecule has 0 aliphatic carbocycles. The van der Waals surface area contributed by atoms with Gasteiger partial charge in [0.25, 0.3) is 5.91 Å². The smallest absolute Gasteiger partial charge is 0.254 e. The molecule has 1 atom stereocenters. The van der Waals surface area contributed by atoms with Crippen molar-refractivity contribution >= 4 is 40.0 Å². The highest BCUT2D eigenvalue weighted by atomic mass is 16.2. The molecule has 3 N–H and O–H groups in total. The second-order valence-corrected chi connectivity index (χ2v) is 8.24. The Hall–Kier alpha value is -3.61. The third kappa shape index (κ3) is 4.45. The van der Waals surface area contributed by atoms with E-state index in [9.17, 15) is 14.4 Å². The van der Waals surface area contributed by atoms with Crippen molar-refractivity contribution in [2.24, 2.45) is 5.92 Å². The summed E-state index contributed by atoms with van der Waals surface area (Å²) >= 11 is 0. The number of hydrogen-bond acceptors (Lipinski definition) is 3. The fourth-order valence-electron chi connectivity index (χ4n) is 3.77. The van der Waals surface area contributed by atoms with Crippen molar-refractivity contribution in [2.75, 3.05) is 10.6 Å². The minimum atomic E-state index is -0.949. The van der Waals surface area contributed by atoms with Gasteiger partial charge >= 0.3 is 0 Å². The van der Waals surface area contributed by atoms with Gasteiger partial charge in [0.2, 0.25) is 11.8 Å². The van der Waals surface area contributed by atoms with Crippen LogP contribution in [0, 0.1) is 5.92 Å². The number of nitrogens with one attached hydrogen (secondary N) is 3. The molecular weight excluding hydrogens is 392 g/mol. The van der Waals surface area contributed by atoms with Crippen LogP contribution in [-0.2, 0) is 16.1 Å². The maximum absolute atomic E-state index is 12.7. The largest absolute Gasteiger partial charge is 0.347 e. The van der Waals surface area contributed by atoms with Crippen molar-refractivity contribution in [3.05, 3.63) is 60.3 Å². The van der Waals surface area contributed by atoms with Crippen molar-refractivity contribution in [2.45, 2.75) is 39.3 Å². The highest BCUT2D eigenvalue weighted by Gasteiger charge is 2.29. The lowest BCUT2D eigenvalue weighted by molar-refractivity contribution is -0.122. The molecule has 160 valence electrons. The first-order chi connectivity index (χ1) is 14.9. The average molecular weight is 418 g/mol. The van der Waals surface area contributed by atoms with E-state index in [0.717, 1.165) is 23.9 Å². The van der Waals surface area contributed by atoms with Crippen LogP contribution in [0.25, 0.3) is 10.9 Å². The van der Waals surface area contributed by atoms with Crippen LogP contribution in [0.3, 0.4) is 0 Å². The molecule has 2 aromatic carbocycles. The average Bonchev–Trinajstić information content (AvgIpc) is 3.11. The quantitative estimate of drug-likeness (QED) is 0.569. The summed E-state index contributed by atoms with van der Waals surface area (Å²) in [5.41, 5.74) is 2.57. The van der Waals surface area contributed by atoms with Crippen LogP contribution in [-0.4, -0.2) is 28.3 Å². The molecule has 1 aromatic heterocycles. The summed E-state index contributed by atoms with van der Waals surface area (Å²) in [5, 5.41) is 9.23. The molecule has 0 saturated carbocycles. The summed E-state index contributed by atoms with van der Waals surface area (Å²) in [6, 6.07) is 13.6. The predicted octanol–water partition coefficient (Wildman–Crippen LogP) is 3.77. The van der Waals surface area contributed by atoms with Crippen molar-refractivity contribution in [3.63, 3.8) is 0 Å². The fraction of sp³-hybridized carbons (Fsp3) is 0.292. The van der Waals surface area contributed by atoms with Gasteiger partial charge in [-0.15, -0.1) is 0 Å². The van der Waals surface area contributed by atoms with E-state index < -0.39 is 11.9 Å². The van der Waals surface area contributed by atoms with E-state index in [4.69, 9.17) is 0 Å². The number of rotatable bonds is 6. The lowest BCUT2D eigenvalue weighted by atomic mass is 10.1. The minimum absolute atomic E-state index is 0.157. The zero-order valence-corrected chi connectivity index (χ0v) is 17.6. The Labute approximate surface area is 180 Å². The van der Waals surface area contributed by atoms with Gasteiger partial charge in [-0.05, 0) is 42.7 Å². The van der Waals surface area contributed by atoms with Gasteiger partial charge in [0.15, 0.2) is 0 Å². The van der Waals surface area contributed by atoms with Gasteiger partial charge in [-0.1, -0.05) is 32.0 Å². The van der Waals surface area contributed by atoms with E-state index in [1.807, 2.05) is 30.5 Å². The van der Waals surface area contributed by atoms with Crippen LogP contribution < -0.4 is 16.0 Å². The number of benzene rings is 2. The van der Waals surface area contributed by atoms with Gasteiger partial charge in [-0.25, -0.2) is 0 Å². The van der Waals surface area contributed by atoms with Crippen molar-refractivity contribution < 1.29 is 14.4 Å². The van der Waals surface area contributed by atoms with Crippen LogP contribution in [0.1, 0.15) is 37.0 Å². The molecule has 3 aromatic rings. The highest BCUT2D eigenvalue weighted by molar-refractivity contribution is 6.11. The first-order valence-electron chi connectivity index (χ1n) is 10.5. The summed E-state index contributed by atoms with van der Waals surface area (Å²) in [6.07, 6.45) is 2.94. The topological polar surface area (TPSA) is 92.2 Å². The van der Waals surface area contributed by atoms with Crippen LogP contribution >= 0.6 is 0 Å². The standard InChI is InChI=1S/C24H26N4O3/c1-15(2)10-12-28-13-11-16-18(8-5-9-21(16)28)25-22(29)14-20-24(31)26-19-7-4-3-6-17(19)23(30)27-20/h3-9,11,13,15,20H,10,12,14H2,1-2H3,(H,25,29)(H,26,31)(H,27,30)/t20-/m0/s1. The van der Waals surface area contributed by atoms with E-state index in [2.05, 4.69) is 34.4 Å². The SMILES string of the molecule is CC(C)CCn1ccc2c(NC(=O)C[C@@H]3NC(=O)c4ccccc4NC3=O)cccc21. The second-order valence-electron chi connectivity index (χ2n) is 8.24. The molecule has 0 saturated heterocycles. The zero-order valence-electron chi connectivity index (χ0n) is 17.6. The Bertz CT molecular complexity index is 1150. The molecule has 2 heterocycles. The van der Waals surface area contributed by atoms with E-state index in [1.165, 1.54) is 0 Å². The summed E-state index contributed by atoms with van der Waals surface area (Å²) < 4.78 is 2.18. The molecule has 7 nitrogen and oxygen atoms in total. The number of fused-ring (bicyclic) bond motifs is 2. The summed E-state index contributed by atoms with van der Waals surface area (Å²) in [5.74, 6) is -0.524. The number of amides is 3. The van der Waals surface area contributed by atoms with Gasteiger partial charge in [-0.3, -0.25) is 14.4 Å². The van der Waals surface area contributed by atoms with E-state index in [-0.39, 0.29) is 18.2 Å². The van der Waals surface area contributed by atoms with E-state index in [0.29, 0.717) is 22.9 Å². The van der Waals surface area contributed by atoms with Crippen LogP contribution in [0.15, 0.2) is 54.7 Å². The molecule has 3 amide bonds. The van der Waals surface area contributed by atoms with E-state index >= 15 is 0 Å². The molecule has 0 fully saturated rings. The lowest BCUT2D eigenvalue weighted by Crippen LogP contribution is -2.43. The number of carbonyl (C=O) groups is 3. The van der Waals surface area contributed by atoms with Crippen molar-refractivity contribution in [1.82, 2.24) is 9.88 Å². The molecule has 0 bridgehead atoms. The lowest BCUT2D eigenvalue weighted by Gasteiger charge is -2.15. The number of para-hydroxylation sites is 1. The van der Waals surface area contributed by atoms with Gasteiger partial charge in [0.1, 0.15) is 6.04 Å². The van der Waals surface area contributed by atoms with E-state index in [1.54, 1.807) is 24.3 Å². The number of aryl methyl sites for hydroxylation is 1. The molecule has 4 rings (SSSR count). The van der Waals surface area contributed by atoms with Gasteiger partial charge in [0, 0.05) is 18.1 Å². The second kappa shape index (κ2) is 8.63. The van der Waals surface area contributed by atoms with Crippen molar-refractivity contribution in [1.29, 1.82) is 0 Å². The van der Waals surface area contributed by atoms with Crippen LogP contribution in [0.5, 0.6) is 0 Å². The van der Waals surface area contributed by atoms with Gasteiger partial charge in [-0.2, -0.15) is 0 Å². The maximum atomic E-state index is 12.7. The predicted molar refractivity (Wildman–Crippen MR) is 121 cm³/mol. The highest BCUT2D eigenvalue weighted by Crippen LogP contribution is 2.26. The van der Waals surface area contributed by atoms with Crippen LogP contribution in [0.2, 0.25) is 0 Å². The number of nitrogens with zero attached hydrogens (tertiary/aromatic N) is 1. The summed E-state index contributed by atoms with van der Waals surface area (Å²) in [6.45, 7) is 5.30. The Morgan fingerprint density at radius 3 is 2.71 bits per heavy atom. The molecular formula is C24H26N4O3. The van der Waals surface area contributed by atoms with Gasteiger partial charge in [0.05, 0.1) is 28.9 Å². The molecule has 1 aliphatic heterocycles. The molecule has 7 heteroatoms. The Morgan fingerprint density at radius 1 is 1.10 bits per heavy atom. The molecule has 1 aliphatic rings.